The predicted octanol–water partition coefficient (Wildman–Crippen LogP) is 3.51. The Morgan fingerprint density at radius 1 is 1.22 bits per heavy atom. The summed E-state index contributed by atoms with van der Waals surface area (Å²) >= 11 is 0. The summed E-state index contributed by atoms with van der Waals surface area (Å²) in [5.41, 5.74) is 1.61. The number of hydrogen-bond acceptors (Lipinski definition) is 2. The average molecular weight is 247 g/mol. The molecule has 1 N–H and O–H groups in total. The van der Waals surface area contributed by atoms with Crippen molar-refractivity contribution in [1.82, 2.24) is 5.32 Å². The zero-order valence-corrected chi connectivity index (χ0v) is 11.8. The summed E-state index contributed by atoms with van der Waals surface area (Å²) in [6.07, 6.45) is 4.08. The van der Waals surface area contributed by atoms with Gasteiger partial charge in [0, 0.05) is 0 Å². The first-order valence-electron chi connectivity index (χ1n) is 7.10. The third-order valence-corrected chi connectivity index (χ3v) is 3.64. The van der Waals surface area contributed by atoms with Crippen LogP contribution in [0.4, 0.5) is 0 Å². The van der Waals surface area contributed by atoms with E-state index < -0.39 is 0 Å². The van der Waals surface area contributed by atoms with E-state index >= 15 is 0 Å². The van der Waals surface area contributed by atoms with Crippen LogP contribution >= 0.6 is 0 Å². The van der Waals surface area contributed by atoms with Crippen molar-refractivity contribution in [2.45, 2.75) is 51.6 Å². The van der Waals surface area contributed by atoms with Crippen LogP contribution in [0.1, 0.15) is 45.6 Å². The van der Waals surface area contributed by atoms with Gasteiger partial charge in [-0.3, -0.25) is 0 Å². The molecule has 0 aliphatic heterocycles. The second-order valence-corrected chi connectivity index (χ2v) is 5.83. The maximum atomic E-state index is 5.78. The number of hydrogen-bond donors (Lipinski definition) is 1. The molecule has 1 saturated carbocycles. The van der Waals surface area contributed by atoms with Crippen molar-refractivity contribution in [3.63, 3.8) is 0 Å². The molecule has 0 amide bonds. The van der Waals surface area contributed by atoms with Crippen molar-refractivity contribution in [2.24, 2.45) is 0 Å². The Bertz CT molecular complexity index is 365. The molecule has 2 nitrogen and oxygen atoms in total. The first-order valence-corrected chi connectivity index (χ1v) is 7.10. The molecule has 0 unspecified atom stereocenters. The summed E-state index contributed by atoms with van der Waals surface area (Å²) in [5, 5.41) is 3.40. The second kappa shape index (κ2) is 5.75. The number of benzene rings is 1. The molecular formula is C16H25NO. The van der Waals surface area contributed by atoms with Gasteiger partial charge in [-0.25, -0.2) is 0 Å². The Labute approximate surface area is 111 Å². The van der Waals surface area contributed by atoms with Gasteiger partial charge in [0.2, 0.25) is 0 Å². The van der Waals surface area contributed by atoms with Gasteiger partial charge in [-0.2, -0.15) is 0 Å². The van der Waals surface area contributed by atoms with Gasteiger partial charge >= 0.3 is 0 Å². The molecule has 1 aliphatic rings. The van der Waals surface area contributed by atoms with E-state index in [2.05, 4.69) is 50.4 Å². The summed E-state index contributed by atoms with van der Waals surface area (Å²) < 4.78 is 5.78. The van der Waals surface area contributed by atoms with E-state index in [1.807, 2.05) is 0 Å². The van der Waals surface area contributed by atoms with Gasteiger partial charge in [-0.15, -0.1) is 0 Å². The third kappa shape index (κ3) is 3.74. The summed E-state index contributed by atoms with van der Waals surface area (Å²) in [6.45, 7) is 8.88. The minimum atomic E-state index is 0.223. The Morgan fingerprint density at radius 3 is 2.44 bits per heavy atom. The fraction of sp³-hybridized carbons (Fsp3) is 0.625. The molecule has 0 spiro atoms. The van der Waals surface area contributed by atoms with Crippen molar-refractivity contribution in [2.75, 3.05) is 13.1 Å². The quantitative estimate of drug-likeness (QED) is 0.745. The summed E-state index contributed by atoms with van der Waals surface area (Å²) in [4.78, 5) is 0. The van der Waals surface area contributed by atoms with Crippen molar-refractivity contribution >= 4 is 0 Å². The summed E-state index contributed by atoms with van der Waals surface area (Å²) in [5.74, 6) is 1.02. The molecule has 0 heterocycles. The molecule has 2 heteroatoms. The van der Waals surface area contributed by atoms with Crippen molar-refractivity contribution in [3.8, 4) is 5.75 Å². The van der Waals surface area contributed by atoms with Crippen LogP contribution in [0.3, 0.4) is 0 Å². The standard InChI is InChI=1S/C16H25NO/c1-4-17-12-11-16(2,3)13-5-7-14(8-6-13)18-15-9-10-15/h5-8,15,17H,4,9-12H2,1-3H3. The molecule has 0 aromatic heterocycles. The van der Waals surface area contributed by atoms with Crippen molar-refractivity contribution in [3.05, 3.63) is 29.8 Å². The van der Waals surface area contributed by atoms with E-state index in [4.69, 9.17) is 4.74 Å². The number of ether oxygens (including phenoxy) is 1. The fourth-order valence-electron chi connectivity index (χ4n) is 2.09. The molecular weight excluding hydrogens is 222 g/mol. The van der Waals surface area contributed by atoms with E-state index in [0.717, 1.165) is 25.3 Å². The van der Waals surface area contributed by atoms with Gasteiger partial charge in [0.15, 0.2) is 0 Å². The average Bonchev–Trinajstić information content (AvgIpc) is 3.14. The Kier molecular flexibility index (Phi) is 4.28. The van der Waals surface area contributed by atoms with Crippen LogP contribution in [-0.2, 0) is 5.41 Å². The highest BCUT2D eigenvalue weighted by Crippen LogP contribution is 2.30. The van der Waals surface area contributed by atoms with Crippen LogP contribution in [0.15, 0.2) is 24.3 Å². The molecule has 18 heavy (non-hydrogen) atoms. The van der Waals surface area contributed by atoms with Crippen LogP contribution in [0.5, 0.6) is 5.75 Å². The molecule has 0 bridgehead atoms. The highest BCUT2D eigenvalue weighted by atomic mass is 16.5. The van der Waals surface area contributed by atoms with E-state index in [9.17, 15) is 0 Å². The van der Waals surface area contributed by atoms with Crippen LogP contribution in [0, 0.1) is 0 Å². The monoisotopic (exact) mass is 247 g/mol. The lowest BCUT2D eigenvalue weighted by molar-refractivity contribution is 0.303. The Balaban J connectivity index is 1.93. The number of nitrogens with one attached hydrogen (secondary N) is 1. The normalized spacial score (nSPS) is 15.7. The van der Waals surface area contributed by atoms with Gasteiger partial charge in [-0.05, 0) is 55.5 Å². The highest BCUT2D eigenvalue weighted by Gasteiger charge is 2.24. The number of rotatable bonds is 7. The van der Waals surface area contributed by atoms with E-state index in [1.54, 1.807) is 0 Å². The zero-order chi connectivity index (χ0) is 13.0. The predicted molar refractivity (Wildman–Crippen MR) is 76.3 cm³/mol. The third-order valence-electron chi connectivity index (χ3n) is 3.64. The Hall–Kier alpha value is -1.02. The maximum absolute atomic E-state index is 5.78. The van der Waals surface area contributed by atoms with E-state index in [0.29, 0.717) is 6.10 Å². The molecule has 1 aromatic carbocycles. The van der Waals surface area contributed by atoms with Gasteiger partial charge in [-0.1, -0.05) is 32.9 Å². The van der Waals surface area contributed by atoms with Crippen molar-refractivity contribution < 1.29 is 4.74 Å². The smallest absolute Gasteiger partial charge is 0.119 e. The summed E-state index contributed by atoms with van der Waals surface area (Å²) in [6, 6.07) is 8.65. The lowest BCUT2D eigenvalue weighted by Crippen LogP contribution is -2.25. The van der Waals surface area contributed by atoms with Gasteiger partial charge in [0.1, 0.15) is 5.75 Å². The first kappa shape index (κ1) is 13.4. The highest BCUT2D eigenvalue weighted by molar-refractivity contribution is 5.32. The minimum absolute atomic E-state index is 0.223. The molecule has 0 atom stereocenters. The van der Waals surface area contributed by atoms with Crippen LogP contribution in [0.2, 0.25) is 0 Å². The van der Waals surface area contributed by atoms with E-state index in [1.165, 1.54) is 18.4 Å². The molecule has 1 fully saturated rings. The van der Waals surface area contributed by atoms with Gasteiger partial charge < -0.3 is 10.1 Å². The zero-order valence-electron chi connectivity index (χ0n) is 11.8. The van der Waals surface area contributed by atoms with E-state index in [-0.39, 0.29) is 5.41 Å². The molecule has 1 aliphatic carbocycles. The van der Waals surface area contributed by atoms with Gasteiger partial charge in [0.05, 0.1) is 6.10 Å². The first-order chi connectivity index (χ1) is 8.62. The summed E-state index contributed by atoms with van der Waals surface area (Å²) in [7, 11) is 0. The molecule has 2 rings (SSSR count). The SMILES string of the molecule is CCNCCC(C)(C)c1ccc(OC2CC2)cc1. The molecule has 100 valence electrons. The maximum Gasteiger partial charge on any atom is 0.119 e. The lowest BCUT2D eigenvalue weighted by atomic mass is 9.81. The van der Waals surface area contributed by atoms with Crippen LogP contribution < -0.4 is 10.1 Å². The van der Waals surface area contributed by atoms with Crippen LogP contribution in [0.25, 0.3) is 0 Å². The molecule has 1 aromatic rings. The van der Waals surface area contributed by atoms with Crippen LogP contribution in [-0.4, -0.2) is 19.2 Å². The second-order valence-electron chi connectivity index (χ2n) is 5.83. The molecule has 0 radical (unpaired) electrons. The van der Waals surface area contributed by atoms with Crippen molar-refractivity contribution in [1.29, 1.82) is 0 Å². The largest absolute Gasteiger partial charge is 0.490 e. The Morgan fingerprint density at radius 2 is 1.89 bits per heavy atom. The topological polar surface area (TPSA) is 21.3 Å². The fourth-order valence-corrected chi connectivity index (χ4v) is 2.09. The van der Waals surface area contributed by atoms with Gasteiger partial charge in [0.25, 0.3) is 0 Å². The molecule has 0 saturated heterocycles. The lowest BCUT2D eigenvalue weighted by Gasteiger charge is -2.25. The minimum Gasteiger partial charge on any atom is -0.490 e.